The fourth-order valence-electron chi connectivity index (χ4n) is 2.89. The van der Waals surface area contributed by atoms with Crippen LogP contribution in [0.5, 0.6) is 0 Å². The maximum Gasteiger partial charge on any atom is 0.336 e. The molecule has 0 saturated heterocycles. The summed E-state index contributed by atoms with van der Waals surface area (Å²) in [4.78, 5) is 31.2. The number of benzene rings is 2. The molecule has 0 aliphatic heterocycles. The van der Waals surface area contributed by atoms with Crippen LogP contribution in [0.1, 0.15) is 20.8 Å². The van der Waals surface area contributed by atoms with Crippen molar-refractivity contribution in [3.63, 3.8) is 0 Å². The van der Waals surface area contributed by atoms with Crippen LogP contribution in [0.2, 0.25) is 10.0 Å². The number of carbonyl (C=O) groups is 1. The molecule has 0 unspecified atom stereocenters. The Morgan fingerprint density at radius 1 is 1.03 bits per heavy atom. The van der Waals surface area contributed by atoms with Crippen molar-refractivity contribution in [2.75, 3.05) is 26.2 Å². The number of carbonyl (C=O) groups excluding carboxylic acids is 1. The molecule has 0 spiro atoms. The highest BCUT2D eigenvalue weighted by Gasteiger charge is 2.17. The number of quaternary nitrogens is 1. The Morgan fingerprint density at radius 2 is 1.58 bits per heavy atom. The molecule has 0 aliphatic carbocycles. The van der Waals surface area contributed by atoms with Gasteiger partial charge in [-0.25, -0.2) is 4.79 Å². The number of nitrogens with zero attached hydrogens (tertiary/aromatic N) is 6. The van der Waals surface area contributed by atoms with Crippen molar-refractivity contribution in [1.82, 2.24) is 0 Å². The highest BCUT2D eigenvalue weighted by molar-refractivity contribution is 6.33. The van der Waals surface area contributed by atoms with Crippen LogP contribution in [0.4, 0.5) is 22.7 Å². The predicted octanol–water partition coefficient (Wildman–Crippen LogP) is 7.62. The van der Waals surface area contributed by atoms with Crippen molar-refractivity contribution in [2.45, 2.75) is 20.8 Å². The zero-order valence-electron chi connectivity index (χ0n) is 21.1. The molecule has 0 radical (unpaired) electrons. The highest BCUT2D eigenvalue weighted by atomic mass is 35.5. The summed E-state index contributed by atoms with van der Waals surface area (Å²) in [5.74, 6) is -0.298. The summed E-state index contributed by atoms with van der Waals surface area (Å²) in [5, 5.41) is 28.5. The lowest BCUT2D eigenvalue weighted by atomic mass is 10.3. The van der Waals surface area contributed by atoms with Crippen LogP contribution in [0.25, 0.3) is 5.43 Å². The molecule has 2 rings (SSSR count). The molecule has 0 N–H and O–H groups in total. The van der Waals surface area contributed by atoms with Crippen LogP contribution in [-0.2, 0) is 9.53 Å². The summed E-state index contributed by atoms with van der Waals surface area (Å²) >= 11 is 11.7. The van der Waals surface area contributed by atoms with Crippen LogP contribution in [0, 0.1) is 20.2 Å². The molecule has 12 nitrogen and oxygen atoms in total. The zero-order chi connectivity index (χ0) is 28.7. The van der Waals surface area contributed by atoms with Gasteiger partial charge < -0.3 is 15.3 Å². The maximum atomic E-state index is 11.2. The second kappa shape index (κ2) is 16.1. The van der Waals surface area contributed by atoms with Crippen LogP contribution in [0.3, 0.4) is 0 Å². The first-order valence-electron chi connectivity index (χ1n) is 11.3. The van der Waals surface area contributed by atoms with Gasteiger partial charge in [-0.1, -0.05) is 35.9 Å². The molecule has 0 aromatic heterocycles. The van der Waals surface area contributed by atoms with Gasteiger partial charge in [0.1, 0.15) is 12.8 Å². The van der Waals surface area contributed by atoms with Crippen molar-refractivity contribution in [2.24, 2.45) is 10.3 Å². The molecule has 2 aromatic carbocycles. The van der Waals surface area contributed by atoms with Gasteiger partial charge in [0.15, 0.2) is 0 Å². The summed E-state index contributed by atoms with van der Waals surface area (Å²) in [7, 11) is 0. The van der Waals surface area contributed by atoms with E-state index in [0.717, 1.165) is 36.3 Å². The minimum absolute atomic E-state index is 0.0351. The van der Waals surface area contributed by atoms with Crippen molar-refractivity contribution in [3.8, 4) is 0 Å². The summed E-state index contributed by atoms with van der Waals surface area (Å²) in [6, 6.07) is 7.34. The van der Waals surface area contributed by atoms with E-state index in [1.165, 1.54) is 30.3 Å². The number of halogens is 2. The molecule has 14 heteroatoms. The van der Waals surface area contributed by atoms with E-state index in [0.29, 0.717) is 0 Å². The number of ether oxygens (including phenoxy) is 1. The number of hydrogen-bond donors (Lipinski definition) is 0. The topological polar surface area (TPSA) is 151 Å². The third kappa shape index (κ3) is 10.2. The average Bonchev–Trinajstić information content (AvgIpc) is 2.90. The summed E-state index contributed by atoms with van der Waals surface area (Å²) < 4.78 is 5.68. The van der Waals surface area contributed by atoms with E-state index in [9.17, 15) is 25.0 Å². The summed E-state index contributed by atoms with van der Waals surface area (Å²) in [6.45, 7) is 13.1. The van der Waals surface area contributed by atoms with Crippen LogP contribution < -0.4 is 0 Å². The lowest BCUT2D eigenvalue weighted by Crippen LogP contribution is -2.42. The van der Waals surface area contributed by atoms with Gasteiger partial charge in [-0.3, -0.25) is 29.9 Å². The summed E-state index contributed by atoms with van der Waals surface area (Å²) in [5.41, 5.74) is 3.72. The van der Waals surface area contributed by atoms with Gasteiger partial charge in [0.05, 0.1) is 45.6 Å². The molecule has 0 heterocycles. The maximum absolute atomic E-state index is 11.2. The molecule has 0 amide bonds. The Morgan fingerprint density at radius 3 is 2.05 bits per heavy atom. The molecule has 204 valence electrons. The molecular weight excluding hydrogens is 539 g/mol. The number of hydrogen-bond acceptors (Lipinski definition) is 8. The highest BCUT2D eigenvalue weighted by Crippen LogP contribution is 2.34. The van der Waals surface area contributed by atoms with Gasteiger partial charge >= 0.3 is 5.97 Å². The SMILES string of the molecule is C=CCOC(=O)/C=C/[N+](CC)(CC)CC.O=[N+]([O-])c1ccc(N=N[N-]c2ccc([N+](=O)[O-])cc2Cl)c(Cl)c1. The minimum Gasteiger partial charge on any atom is -0.458 e. The molecule has 0 fully saturated rings. The zero-order valence-corrected chi connectivity index (χ0v) is 22.6. The van der Waals surface area contributed by atoms with Gasteiger partial charge in [-0.2, -0.15) is 0 Å². The Kier molecular flexibility index (Phi) is 13.6. The molecule has 0 bridgehead atoms. The smallest absolute Gasteiger partial charge is 0.336 e. The standard InChI is InChI=1S/C12H6Cl2N5O4.C12H22NO2/c13-9-5-7(18(20)21)1-3-11(9)15-17-16-12-4-2-8(19(22)23)6-10(12)14;1-5-11-15-12(14)9-10-13(6-2,7-3)8-4/h1-6H;5,9-10H,1,6-8,11H2,2-4H3/q-1;+1/b;10-9+. The monoisotopic (exact) mass is 566 g/mol. The Bertz CT molecular complexity index is 1190. The Hall–Kier alpha value is -3.87. The third-order valence-corrected chi connectivity index (χ3v) is 5.95. The fourth-order valence-corrected chi connectivity index (χ4v) is 3.32. The molecule has 2 aromatic rings. The van der Waals surface area contributed by atoms with Crippen LogP contribution in [0.15, 0.2) is 71.7 Å². The lowest BCUT2D eigenvalue weighted by Gasteiger charge is -2.31. The van der Waals surface area contributed by atoms with E-state index in [2.05, 4.69) is 43.1 Å². The number of non-ortho nitro benzene ring substituents is 2. The number of esters is 1. The Labute approximate surface area is 230 Å². The van der Waals surface area contributed by atoms with E-state index in [-0.39, 0.29) is 45.4 Å². The van der Waals surface area contributed by atoms with Crippen molar-refractivity contribution >= 4 is 51.9 Å². The second-order valence-corrected chi connectivity index (χ2v) is 8.29. The molecule has 0 aliphatic rings. The number of nitro groups is 2. The van der Waals surface area contributed by atoms with Crippen molar-refractivity contribution in [3.05, 3.63) is 97.0 Å². The first-order valence-corrected chi connectivity index (χ1v) is 12.1. The second-order valence-electron chi connectivity index (χ2n) is 7.48. The molecular formula is C24H28Cl2N6O6. The largest absolute Gasteiger partial charge is 0.458 e. The van der Waals surface area contributed by atoms with E-state index in [1.54, 1.807) is 6.08 Å². The van der Waals surface area contributed by atoms with Gasteiger partial charge in [-0.05, 0) is 44.3 Å². The van der Waals surface area contributed by atoms with E-state index in [4.69, 9.17) is 27.9 Å². The lowest BCUT2D eigenvalue weighted by molar-refractivity contribution is -0.874. The number of nitro benzene ring substituents is 2. The van der Waals surface area contributed by atoms with Gasteiger partial charge in [0.2, 0.25) is 0 Å². The third-order valence-electron chi connectivity index (χ3n) is 5.35. The molecule has 0 saturated carbocycles. The van der Waals surface area contributed by atoms with E-state index in [1.807, 2.05) is 6.20 Å². The van der Waals surface area contributed by atoms with Crippen LogP contribution >= 0.6 is 23.2 Å². The first-order chi connectivity index (χ1) is 18.0. The van der Waals surface area contributed by atoms with Crippen LogP contribution in [-0.4, -0.2) is 46.5 Å². The molecule has 0 atom stereocenters. The first kappa shape index (κ1) is 32.2. The average molecular weight is 567 g/mol. The summed E-state index contributed by atoms with van der Waals surface area (Å²) in [6.07, 6.45) is 5.00. The Balaban J connectivity index is 0.000000420. The molecule has 38 heavy (non-hydrogen) atoms. The quantitative estimate of drug-likeness (QED) is 0.0489. The number of rotatable bonds is 12. The van der Waals surface area contributed by atoms with Gasteiger partial charge in [-0.15, -0.1) is 0 Å². The van der Waals surface area contributed by atoms with Crippen molar-refractivity contribution < 1.29 is 23.9 Å². The van der Waals surface area contributed by atoms with E-state index >= 15 is 0 Å². The van der Waals surface area contributed by atoms with Gasteiger partial charge in [0.25, 0.3) is 11.4 Å². The normalized spacial score (nSPS) is 11.1. The van der Waals surface area contributed by atoms with Gasteiger partial charge in [0, 0.05) is 24.3 Å². The predicted molar refractivity (Wildman–Crippen MR) is 146 cm³/mol. The van der Waals surface area contributed by atoms with E-state index < -0.39 is 9.85 Å². The minimum atomic E-state index is -0.589. The fraction of sp³-hybridized carbons (Fsp3) is 0.292. The van der Waals surface area contributed by atoms with Crippen molar-refractivity contribution in [1.29, 1.82) is 0 Å².